The molecule has 1 N–H and O–H groups in total. The van der Waals surface area contributed by atoms with Crippen molar-refractivity contribution in [3.8, 4) is 0 Å². The molecule has 4 heteroatoms. The average Bonchev–Trinajstić information content (AvgIpc) is 2.59. The van der Waals surface area contributed by atoms with E-state index < -0.39 is 0 Å². The summed E-state index contributed by atoms with van der Waals surface area (Å²) in [5.41, 5.74) is 0. The molecule has 1 fully saturated rings. The number of rotatable bonds is 3. The first-order chi connectivity index (χ1) is 6.77. The summed E-state index contributed by atoms with van der Waals surface area (Å²) in [6, 6.07) is 1.22. The van der Waals surface area contributed by atoms with Crippen molar-refractivity contribution >= 4 is 6.02 Å². The summed E-state index contributed by atoms with van der Waals surface area (Å²) in [5, 5.41) is 3.08. The third-order valence-electron chi connectivity index (χ3n) is 2.62. The molecule has 0 aromatic carbocycles. The lowest BCUT2D eigenvalue weighted by Crippen LogP contribution is -2.34. The van der Waals surface area contributed by atoms with Crippen LogP contribution in [0, 0.1) is 0 Å². The molecule has 0 aliphatic carbocycles. The highest BCUT2D eigenvalue weighted by Gasteiger charge is 2.21. The van der Waals surface area contributed by atoms with Gasteiger partial charge in [-0.15, -0.1) is 0 Å². The van der Waals surface area contributed by atoms with Crippen molar-refractivity contribution in [3.63, 3.8) is 0 Å². The van der Waals surface area contributed by atoms with Gasteiger partial charge in [-0.05, 0) is 33.4 Å². The van der Waals surface area contributed by atoms with Gasteiger partial charge in [-0.3, -0.25) is 0 Å². The summed E-state index contributed by atoms with van der Waals surface area (Å²) in [6.45, 7) is 4.83. The van der Waals surface area contributed by atoms with Crippen LogP contribution in [-0.2, 0) is 4.74 Å². The van der Waals surface area contributed by atoms with Crippen molar-refractivity contribution in [1.29, 1.82) is 0 Å². The third-order valence-corrected chi connectivity index (χ3v) is 2.62. The van der Waals surface area contributed by atoms with Gasteiger partial charge >= 0.3 is 0 Å². The van der Waals surface area contributed by atoms with E-state index in [-0.39, 0.29) is 0 Å². The molecule has 1 atom stereocenters. The highest BCUT2D eigenvalue weighted by molar-refractivity contribution is 5.73. The fraction of sp³-hybridized carbons (Fsp3) is 0.900. The van der Waals surface area contributed by atoms with Crippen LogP contribution < -0.4 is 5.32 Å². The molecule has 1 saturated heterocycles. The van der Waals surface area contributed by atoms with E-state index in [9.17, 15) is 0 Å². The van der Waals surface area contributed by atoms with Crippen LogP contribution in [0.1, 0.15) is 19.8 Å². The monoisotopic (exact) mass is 199 g/mol. The van der Waals surface area contributed by atoms with Gasteiger partial charge in [-0.25, -0.2) is 4.99 Å². The van der Waals surface area contributed by atoms with Crippen molar-refractivity contribution < 1.29 is 4.74 Å². The minimum Gasteiger partial charge on any atom is -0.464 e. The van der Waals surface area contributed by atoms with E-state index in [4.69, 9.17) is 4.74 Å². The maximum atomic E-state index is 5.58. The van der Waals surface area contributed by atoms with Gasteiger partial charge in [0.2, 0.25) is 0 Å². The zero-order valence-electron chi connectivity index (χ0n) is 9.42. The fourth-order valence-electron chi connectivity index (χ4n) is 1.71. The SMILES string of the molecule is CCNC(=NC)OC[C@@H]1CCCN1C. The van der Waals surface area contributed by atoms with Crippen LogP contribution in [0.5, 0.6) is 0 Å². The standard InChI is InChI=1S/C10H21N3O/c1-4-12-10(11-2)14-8-9-6-5-7-13(9)3/h9H,4-8H2,1-3H3,(H,11,12)/t9-/m0/s1. The first-order valence-electron chi connectivity index (χ1n) is 5.31. The van der Waals surface area contributed by atoms with E-state index >= 15 is 0 Å². The van der Waals surface area contributed by atoms with Crippen LogP contribution in [-0.4, -0.2) is 50.8 Å². The molecule has 0 aromatic heterocycles. The van der Waals surface area contributed by atoms with Crippen LogP contribution in [0.25, 0.3) is 0 Å². The summed E-state index contributed by atoms with van der Waals surface area (Å²) in [4.78, 5) is 6.38. The fourth-order valence-corrected chi connectivity index (χ4v) is 1.71. The van der Waals surface area contributed by atoms with Gasteiger partial charge in [-0.2, -0.15) is 0 Å². The summed E-state index contributed by atoms with van der Waals surface area (Å²) in [7, 11) is 3.90. The molecule has 0 aromatic rings. The normalized spacial score (nSPS) is 23.9. The maximum absolute atomic E-state index is 5.58. The topological polar surface area (TPSA) is 36.9 Å². The van der Waals surface area contributed by atoms with Crippen molar-refractivity contribution in [2.75, 3.05) is 33.8 Å². The quantitative estimate of drug-likeness (QED) is 0.537. The third kappa shape index (κ3) is 3.18. The Morgan fingerprint density at radius 3 is 2.93 bits per heavy atom. The van der Waals surface area contributed by atoms with Crippen LogP contribution in [0.2, 0.25) is 0 Å². The van der Waals surface area contributed by atoms with E-state index in [1.165, 1.54) is 19.4 Å². The summed E-state index contributed by atoms with van der Waals surface area (Å²) in [5.74, 6) is 0. The Morgan fingerprint density at radius 2 is 2.43 bits per heavy atom. The Labute approximate surface area is 86.3 Å². The maximum Gasteiger partial charge on any atom is 0.284 e. The van der Waals surface area contributed by atoms with Gasteiger partial charge in [0, 0.05) is 19.6 Å². The molecule has 0 saturated carbocycles. The number of amidine groups is 1. The number of hydrogen-bond donors (Lipinski definition) is 1. The molecule has 82 valence electrons. The second-order valence-corrected chi connectivity index (χ2v) is 3.65. The number of ether oxygens (including phenoxy) is 1. The Hall–Kier alpha value is -0.770. The van der Waals surface area contributed by atoms with Crippen molar-refractivity contribution in [2.24, 2.45) is 4.99 Å². The molecular formula is C10H21N3O. The Balaban J connectivity index is 2.24. The molecule has 0 unspecified atom stereocenters. The van der Waals surface area contributed by atoms with Gasteiger partial charge in [0.1, 0.15) is 6.61 Å². The Kier molecular flexibility index (Phi) is 4.73. The Morgan fingerprint density at radius 1 is 1.64 bits per heavy atom. The number of nitrogens with zero attached hydrogens (tertiary/aromatic N) is 2. The summed E-state index contributed by atoms with van der Waals surface area (Å²) >= 11 is 0. The first-order valence-corrected chi connectivity index (χ1v) is 5.31. The minimum atomic E-state index is 0.561. The second kappa shape index (κ2) is 5.86. The number of nitrogens with one attached hydrogen (secondary N) is 1. The predicted octanol–water partition coefficient (Wildman–Crippen LogP) is 0.692. The molecule has 1 aliphatic rings. The van der Waals surface area contributed by atoms with Crippen LogP contribution in [0.4, 0.5) is 0 Å². The average molecular weight is 199 g/mol. The van der Waals surface area contributed by atoms with Crippen molar-refractivity contribution in [1.82, 2.24) is 10.2 Å². The molecule has 14 heavy (non-hydrogen) atoms. The highest BCUT2D eigenvalue weighted by atomic mass is 16.5. The highest BCUT2D eigenvalue weighted by Crippen LogP contribution is 2.14. The first kappa shape index (κ1) is 11.3. The van der Waals surface area contributed by atoms with Gasteiger partial charge in [0.25, 0.3) is 6.02 Å². The minimum absolute atomic E-state index is 0.561. The van der Waals surface area contributed by atoms with Gasteiger partial charge in [-0.1, -0.05) is 0 Å². The second-order valence-electron chi connectivity index (χ2n) is 3.65. The lowest BCUT2D eigenvalue weighted by Gasteiger charge is -2.20. The zero-order valence-corrected chi connectivity index (χ0v) is 9.42. The molecule has 0 radical (unpaired) electrons. The van der Waals surface area contributed by atoms with Gasteiger partial charge < -0.3 is 15.0 Å². The van der Waals surface area contributed by atoms with Gasteiger partial charge in [0.05, 0.1) is 0 Å². The number of aliphatic imine (C=N–C) groups is 1. The van der Waals surface area contributed by atoms with Crippen molar-refractivity contribution in [2.45, 2.75) is 25.8 Å². The molecule has 1 rings (SSSR count). The van der Waals surface area contributed by atoms with E-state index in [1.807, 2.05) is 6.92 Å². The lowest BCUT2D eigenvalue weighted by molar-refractivity contribution is 0.184. The lowest BCUT2D eigenvalue weighted by atomic mass is 10.2. The number of likely N-dealkylation sites (N-methyl/N-ethyl adjacent to an activating group) is 1. The molecule has 0 bridgehead atoms. The zero-order chi connectivity index (χ0) is 10.4. The molecule has 0 spiro atoms. The Bertz CT molecular complexity index is 194. The molecule has 1 heterocycles. The summed E-state index contributed by atoms with van der Waals surface area (Å²) < 4.78 is 5.58. The molecule has 4 nitrogen and oxygen atoms in total. The van der Waals surface area contributed by atoms with Crippen LogP contribution >= 0.6 is 0 Å². The van der Waals surface area contributed by atoms with Crippen molar-refractivity contribution in [3.05, 3.63) is 0 Å². The van der Waals surface area contributed by atoms with E-state index in [2.05, 4.69) is 22.3 Å². The molecular weight excluding hydrogens is 178 g/mol. The van der Waals surface area contributed by atoms with E-state index in [0.29, 0.717) is 12.1 Å². The number of hydrogen-bond acceptors (Lipinski definition) is 3. The van der Waals surface area contributed by atoms with Crippen LogP contribution in [0.3, 0.4) is 0 Å². The molecule has 0 amide bonds. The van der Waals surface area contributed by atoms with Gasteiger partial charge in [0.15, 0.2) is 0 Å². The summed E-state index contributed by atoms with van der Waals surface area (Å²) in [6.07, 6.45) is 2.52. The van der Waals surface area contributed by atoms with Crippen LogP contribution in [0.15, 0.2) is 4.99 Å². The predicted molar refractivity (Wildman–Crippen MR) is 58.6 cm³/mol. The van der Waals surface area contributed by atoms with E-state index in [0.717, 1.165) is 13.2 Å². The number of likely N-dealkylation sites (tertiary alicyclic amines) is 1. The molecule has 1 aliphatic heterocycles. The van der Waals surface area contributed by atoms with E-state index in [1.54, 1.807) is 7.05 Å². The largest absolute Gasteiger partial charge is 0.464 e. The smallest absolute Gasteiger partial charge is 0.284 e.